The minimum atomic E-state index is -0.142. The molecule has 1 aromatic rings. The zero-order chi connectivity index (χ0) is 13.8. The summed E-state index contributed by atoms with van der Waals surface area (Å²) in [7, 11) is 3.77. The van der Waals surface area contributed by atoms with E-state index in [0.717, 1.165) is 29.7 Å². The van der Waals surface area contributed by atoms with E-state index in [1.807, 2.05) is 37.2 Å². The van der Waals surface area contributed by atoms with Crippen molar-refractivity contribution in [3.63, 3.8) is 0 Å². The predicted molar refractivity (Wildman–Crippen MR) is 81.5 cm³/mol. The molecule has 0 spiro atoms. The molecule has 1 saturated heterocycles. The number of para-hydroxylation sites is 1. The molecule has 0 aromatic heterocycles. The number of hydrogen-bond acceptors (Lipinski definition) is 3. The van der Waals surface area contributed by atoms with Crippen LogP contribution in [0.3, 0.4) is 0 Å². The molecular weight excluding hydrogens is 306 g/mol. The number of amides is 1. The van der Waals surface area contributed by atoms with Gasteiger partial charge in [-0.15, -0.1) is 0 Å². The van der Waals surface area contributed by atoms with Crippen molar-refractivity contribution in [3.8, 4) is 0 Å². The van der Waals surface area contributed by atoms with Gasteiger partial charge in [-0.2, -0.15) is 0 Å². The van der Waals surface area contributed by atoms with Crippen molar-refractivity contribution >= 4 is 27.5 Å². The number of nitrogens with one attached hydrogen (secondary N) is 1. The highest BCUT2D eigenvalue weighted by Crippen LogP contribution is 2.28. The monoisotopic (exact) mass is 325 g/mol. The Morgan fingerprint density at radius 1 is 1.37 bits per heavy atom. The van der Waals surface area contributed by atoms with Crippen molar-refractivity contribution in [2.75, 3.05) is 38.6 Å². The van der Waals surface area contributed by atoms with Gasteiger partial charge in [0, 0.05) is 31.2 Å². The van der Waals surface area contributed by atoms with Crippen LogP contribution in [-0.2, 0) is 4.79 Å². The second-order valence-corrected chi connectivity index (χ2v) is 5.69. The van der Waals surface area contributed by atoms with Gasteiger partial charge < -0.3 is 15.1 Å². The summed E-state index contributed by atoms with van der Waals surface area (Å²) >= 11 is 3.58. The zero-order valence-electron chi connectivity index (χ0n) is 11.4. The van der Waals surface area contributed by atoms with Crippen LogP contribution >= 0.6 is 15.9 Å². The number of nitrogens with zero attached hydrogens (tertiary/aromatic N) is 2. The van der Waals surface area contributed by atoms with Crippen LogP contribution in [0.4, 0.5) is 5.69 Å². The van der Waals surface area contributed by atoms with Gasteiger partial charge in [0.1, 0.15) is 6.04 Å². The van der Waals surface area contributed by atoms with E-state index in [1.54, 1.807) is 0 Å². The largest absolute Gasteiger partial charge is 0.358 e. The van der Waals surface area contributed by atoms with E-state index < -0.39 is 0 Å². The van der Waals surface area contributed by atoms with Crippen molar-refractivity contribution in [3.05, 3.63) is 28.7 Å². The summed E-state index contributed by atoms with van der Waals surface area (Å²) in [6, 6.07) is 7.94. The van der Waals surface area contributed by atoms with Crippen molar-refractivity contribution in [2.45, 2.75) is 12.5 Å². The lowest BCUT2D eigenvalue weighted by Gasteiger charge is -2.32. The molecule has 1 aliphatic rings. The summed E-state index contributed by atoms with van der Waals surface area (Å²) in [5.74, 6) is 0.183. The molecule has 1 amide bonds. The smallest absolute Gasteiger partial charge is 0.246 e. The van der Waals surface area contributed by atoms with E-state index in [-0.39, 0.29) is 11.9 Å². The highest BCUT2D eigenvalue weighted by molar-refractivity contribution is 9.10. The molecule has 1 aliphatic heterocycles. The normalized spacial score (nSPS) is 20.6. The average Bonchev–Trinajstić information content (AvgIpc) is 2.53. The number of rotatable bonds is 3. The third kappa shape index (κ3) is 3.09. The molecule has 5 heteroatoms. The fraction of sp³-hybridized carbons (Fsp3) is 0.500. The van der Waals surface area contributed by atoms with E-state index in [9.17, 15) is 4.79 Å². The minimum Gasteiger partial charge on any atom is -0.358 e. The van der Waals surface area contributed by atoms with Gasteiger partial charge in [0.2, 0.25) is 5.91 Å². The predicted octanol–water partition coefficient (Wildman–Crippen LogP) is 1.71. The maximum absolute atomic E-state index is 12.5. The van der Waals surface area contributed by atoms with Gasteiger partial charge in [-0.3, -0.25) is 4.79 Å². The van der Waals surface area contributed by atoms with Crippen LogP contribution in [0.2, 0.25) is 0 Å². The molecular formula is C14H20BrN3O. The molecule has 1 atom stereocenters. The molecule has 1 fully saturated rings. The Hall–Kier alpha value is -1.07. The van der Waals surface area contributed by atoms with Crippen molar-refractivity contribution in [1.82, 2.24) is 10.2 Å². The van der Waals surface area contributed by atoms with Gasteiger partial charge in [-0.05, 0) is 41.5 Å². The molecule has 0 bridgehead atoms. The first-order valence-corrected chi connectivity index (χ1v) is 7.35. The van der Waals surface area contributed by atoms with Gasteiger partial charge >= 0.3 is 0 Å². The van der Waals surface area contributed by atoms with E-state index in [1.165, 1.54) is 0 Å². The molecule has 1 aromatic carbocycles. The number of anilines is 1. The minimum absolute atomic E-state index is 0.142. The highest BCUT2D eigenvalue weighted by atomic mass is 79.9. The number of likely N-dealkylation sites (N-methyl/N-ethyl adjacent to an activating group) is 2. The Balaban J connectivity index is 2.35. The Morgan fingerprint density at radius 3 is 2.79 bits per heavy atom. The highest BCUT2D eigenvalue weighted by Gasteiger charge is 2.31. The standard InChI is InChI=1S/C14H20BrN3O/c1-16-10-13-14(19)17(2)8-5-9-18(13)12-7-4-3-6-11(12)15/h3-4,6-7,13,16H,5,8-10H2,1-2H3. The molecule has 1 unspecified atom stereocenters. The number of benzene rings is 1. The van der Waals surface area contributed by atoms with Gasteiger partial charge in [0.15, 0.2) is 0 Å². The SMILES string of the molecule is CNCC1C(=O)N(C)CCCN1c1ccccc1Br. The molecule has 0 aliphatic carbocycles. The first-order valence-electron chi connectivity index (χ1n) is 6.56. The zero-order valence-corrected chi connectivity index (χ0v) is 13.0. The lowest BCUT2D eigenvalue weighted by molar-refractivity contribution is -0.130. The molecule has 1 N–H and O–H groups in total. The van der Waals surface area contributed by atoms with Crippen LogP contribution in [0.25, 0.3) is 0 Å². The van der Waals surface area contributed by atoms with E-state index in [0.29, 0.717) is 6.54 Å². The summed E-state index contributed by atoms with van der Waals surface area (Å²) in [4.78, 5) is 16.5. The first-order chi connectivity index (χ1) is 9.15. The van der Waals surface area contributed by atoms with E-state index in [4.69, 9.17) is 0 Å². The Labute approximate surface area is 122 Å². The van der Waals surface area contributed by atoms with E-state index in [2.05, 4.69) is 32.2 Å². The number of carbonyl (C=O) groups excluding carboxylic acids is 1. The van der Waals surface area contributed by atoms with Crippen LogP contribution in [-0.4, -0.2) is 50.6 Å². The lowest BCUT2D eigenvalue weighted by atomic mass is 10.2. The molecule has 2 rings (SSSR count). The molecule has 0 saturated carbocycles. The second-order valence-electron chi connectivity index (χ2n) is 4.83. The number of halogens is 1. The maximum atomic E-state index is 12.5. The average molecular weight is 326 g/mol. The number of carbonyl (C=O) groups is 1. The summed E-state index contributed by atoms with van der Waals surface area (Å²) in [5.41, 5.74) is 1.09. The first kappa shape index (κ1) is 14.3. The summed E-state index contributed by atoms with van der Waals surface area (Å²) in [5, 5.41) is 3.13. The van der Waals surface area contributed by atoms with E-state index >= 15 is 0 Å². The van der Waals surface area contributed by atoms with Crippen molar-refractivity contribution in [2.24, 2.45) is 0 Å². The van der Waals surface area contributed by atoms with Gasteiger partial charge in [-0.25, -0.2) is 0 Å². The van der Waals surface area contributed by atoms with Gasteiger partial charge in [0.05, 0.1) is 5.69 Å². The molecule has 104 valence electrons. The fourth-order valence-corrected chi connectivity index (χ4v) is 3.01. The van der Waals surface area contributed by atoms with Crippen LogP contribution in [0, 0.1) is 0 Å². The number of hydrogen-bond donors (Lipinski definition) is 1. The molecule has 4 nitrogen and oxygen atoms in total. The van der Waals surface area contributed by atoms with Gasteiger partial charge in [-0.1, -0.05) is 12.1 Å². The van der Waals surface area contributed by atoms with Crippen LogP contribution < -0.4 is 10.2 Å². The lowest BCUT2D eigenvalue weighted by Crippen LogP contribution is -2.50. The van der Waals surface area contributed by atoms with Crippen molar-refractivity contribution < 1.29 is 4.79 Å². The second kappa shape index (κ2) is 6.39. The molecule has 1 heterocycles. The fourth-order valence-electron chi connectivity index (χ4n) is 2.50. The van der Waals surface area contributed by atoms with Crippen molar-refractivity contribution in [1.29, 1.82) is 0 Å². The molecule has 0 radical (unpaired) electrons. The van der Waals surface area contributed by atoms with Crippen LogP contribution in [0.15, 0.2) is 28.7 Å². The van der Waals surface area contributed by atoms with Gasteiger partial charge in [0.25, 0.3) is 0 Å². The summed E-state index contributed by atoms with van der Waals surface area (Å²) < 4.78 is 1.04. The Morgan fingerprint density at radius 2 is 2.11 bits per heavy atom. The topological polar surface area (TPSA) is 35.6 Å². The third-order valence-corrected chi connectivity index (χ3v) is 4.16. The Kier molecular flexibility index (Phi) is 4.82. The molecule has 19 heavy (non-hydrogen) atoms. The summed E-state index contributed by atoms with van der Waals surface area (Å²) in [6.07, 6.45) is 0.990. The quantitative estimate of drug-likeness (QED) is 0.918. The van der Waals surface area contributed by atoms with Crippen LogP contribution in [0.1, 0.15) is 6.42 Å². The Bertz CT molecular complexity index is 452. The van der Waals surface area contributed by atoms with Crippen LogP contribution in [0.5, 0.6) is 0 Å². The third-order valence-electron chi connectivity index (χ3n) is 3.49. The summed E-state index contributed by atoms with van der Waals surface area (Å²) in [6.45, 7) is 2.37. The maximum Gasteiger partial charge on any atom is 0.246 e.